The highest BCUT2D eigenvalue weighted by Crippen LogP contribution is 2.41. The van der Waals surface area contributed by atoms with Crippen LogP contribution in [0.25, 0.3) is 6.08 Å². The van der Waals surface area contributed by atoms with Crippen LogP contribution in [0, 0.1) is 25.6 Å². The number of halogens is 3. The van der Waals surface area contributed by atoms with E-state index in [0.29, 0.717) is 11.5 Å². The number of alkyl halides is 2. The van der Waals surface area contributed by atoms with Crippen molar-refractivity contribution in [3.8, 4) is 0 Å². The Morgan fingerprint density at radius 3 is 2.48 bits per heavy atom. The molecule has 1 saturated heterocycles. The summed E-state index contributed by atoms with van der Waals surface area (Å²) in [6.45, 7) is 15.4. The molecular weight excluding hydrogens is 577 g/mol. The molecule has 1 atom stereocenters. The minimum absolute atomic E-state index is 0.139. The molecule has 4 rings (SSSR count). The fourth-order valence-corrected chi connectivity index (χ4v) is 7.54. The van der Waals surface area contributed by atoms with Gasteiger partial charge in [-0.15, -0.1) is 0 Å². The maximum atomic E-state index is 15.0. The minimum atomic E-state index is -3.20. The molecule has 0 saturated carbocycles. The highest BCUT2D eigenvalue weighted by molar-refractivity contribution is 7.99. The zero-order valence-corrected chi connectivity index (χ0v) is 28.4. The summed E-state index contributed by atoms with van der Waals surface area (Å²) in [5, 5.41) is 0. The van der Waals surface area contributed by atoms with Crippen LogP contribution in [0.15, 0.2) is 36.0 Å². The Labute approximate surface area is 267 Å². The Balaban J connectivity index is 1.25. The van der Waals surface area contributed by atoms with Crippen molar-refractivity contribution in [2.75, 3.05) is 36.5 Å². The van der Waals surface area contributed by atoms with Crippen LogP contribution in [0.2, 0.25) is 0 Å². The van der Waals surface area contributed by atoms with Gasteiger partial charge in [0.1, 0.15) is 17.5 Å². The number of unbranched alkanes of at least 4 members (excludes halogenated alkanes) is 3. The van der Waals surface area contributed by atoms with Gasteiger partial charge in [0.25, 0.3) is 5.92 Å². The number of allylic oxidation sites excluding steroid dienone is 1. The molecule has 0 spiro atoms. The van der Waals surface area contributed by atoms with Crippen molar-refractivity contribution < 1.29 is 13.2 Å². The normalized spacial score (nSPS) is 16.9. The standard InChI is InChI=1S/C36H51F3N4S/c1-24(2)30-14-12-15-33(34(30)37)36(38,39)18-20-42(7)25(3)13-10-8-9-11-19-43-27(5)32(29-16-21-44-22-17-29)23-31-26(4)40-28(6)41-35(31)43/h12,14-15,23-25,29H,5,8-11,13,16-22H2,1-4,6-7H3. The third kappa shape index (κ3) is 8.28. The first-order chi connectivity index (χ1) is 20.9. The van der Waals surface area contributed by atoms with Crippen LogP contribution in [0.1, 0.15) is 106 Å². The van der Waals surface area contributed by atoms with Gasteiger partial charge in [-0.05, 0) is 94.1 Å². The van der Waals surface area contributed by atoms with Crippen molar-refractivity contribution in [1.82, 2.24) is 14.9 Å². The van der Waals surface area contributed by atoms with E-state index >= 15 is 8.78 Å². The number of rotatable bonds is 14. The van der Waals surface area contributed by atoms with Gasteiger partial charge < -0.3 is 9.80 Å². The molecule has 1 aromatic carbocycles. The lowest BCUT2D eigenvalue weighted by Crippen LogP contribution is -2.33. The molecule has 4 nitrogen and oxygen atoms in total. The van der Waals surface area contributed by atoms with Gasteiger partial charge in [0, 0.05) is 36.8 Å². The predicted octanol–water partition coefficient (Wildman–Crippen LogP) is 9.67. The lowest BCUT2D eigenvalue weighted by molar-refractivity contribution is -0.0259. The van der Waals surface area contributed by atoms with Crippen molar-refractivity contribution in [3.63, 3.8) is 0 Å². The molecular formula is C36H51F3N4S. The molecule has 0 bridgehead atoms. The van der Waals surface area contributed by atoms with E-state index in [2.05, 4.69) is 36.4 Å². The summed E-state index contributed by atoms with van der Waals surface area (Å²) in [6.07, 6.45) is 9.47. The van der Waals surface area contributed by atoms with Crippen molar-refractivity contribution >= 4 is 23.7 Å². The Kier molecular flexibility index (Phi) is 12.0. The van der Waals surface area contributed by atoms with Gasteiger partial charge in [-0.1, -0.05) is 57.9 Å². The van der Waals surface area contributed by atoms with E-state index in [9.17, 15) is 4.39 Å². The molecule has 1 aromatic heterocycles. The average Bonchev–Trinajstić information content (AvgIpc) is 2.98. The third-order valence-electron chi connectivity index (χ3n) is 9.43. The molecule has 2 aromatic rings. The van der Waals surface area contributed by atoms with Crippen molar-refractivity contribution in [3.05, 3.63) is 70.1 Å². The van der Waals surface area contributed by atoms with Crippen molar-refractivity contribution in [2.45, 2.75) is 104 Å². The van der Waals surface area contributed by atoms with Gasteiger partial charge in [0.05, 0.1) is 11.3 Å². The summed E-state index contributed by atoms with van der Waals surface area (Å²) < 4.78 is 44.9. The number of nitrogens with zero attached hydrogens (tertiary/aromatic N) is 4. The topological polar surface area (TPSA) is 32.3 Å². The van der Waals surface area contributed by atoms with Crippen LogP contribution in [-0.4, -0.2) is 52.6 Å². The second-order valence-electron chi connectivity index (χ2n) is 13.0. The lowest BCUT2D eigenvalue weighted by atomic mass is 9.87. The van der Waals surface area contributed by atoms with E-state index in [4.69, 9.17) is 4.98 Å². The number of benzene rings is 1. The van der Waals surface area contributed by atoms with E-state index in [0.717, 1.165) is 67.2 Å². The second kappa shape index (κ2) is 15.3. The maximum Gasteiger partial charge on any atom is 0.277 e. The van der Waals surface area contributed by atoms with Crippen molar-refractivity contribution in [2.24, 2.45) is 5.92 Å². The largest absolute Gasteiger partial charge is 0.326 e. The van der Waals surface area contributed by atoms with Gasteiger partial charge in [0.2, 0.25) is 0 Å². The molecule has 1 fully saturated rings. The molecule has 2 aliphatic rings. The summed E-state index contributed by atoms with van der Waals surface area (Å²) in [4.78, 5) is 13.8. The Bertz CT molecular complexity index is 1320. The maximum absolute atomic E-state index is 15.0. The number of hydrogen-bond donors (Lipinski definition) is 0. The summed E-state index contributed by atoms with van der Waals surface area (Å²) in [5.74, 6) is 0.610. The van der Waals surface area contributed by atoms with E-state index < -0.39 is 23.7 Å². The number of hydrogen-bond acceptors (Lipinski definition) is 5. The van der Waals surface area contributed by atoms with Gasteiger partial charge in [0.15, 0.2) is 0 Å². The minimum Gasteiger partial charge on any atom is -0.326 e. The van der Waals surface area contributed by atoms with E-state index in [1.165, 1.54) is 42.1 Å². The lowest BCUT2D eigenvalue weighted by Gasteiger charge is -2.36. The van der Waals surface area contributed by atoms with Gasteiger partial charge in [-0.2, -0.15) is 11.8 Å². The highest BCUT2D eigenvalue weighted by atomic mass is 32.2. The Morgan fingerprint density at radius 1 is 1.07 bits per heavy atom. The Morgan fingerprint density at radius 2 is 1.77 bits per heavy atom. The molecule has 3 heterocycles. The van der Waals surface area contributed by atoms with Crippen LogP contribution in [0.5, 0.6) is 0 Å². The van der Waals surface area contributed by atoms with Gasteiger partial charge >= 0.3 is 0 Å². The zero-order valence-electron chi connectivity index (χ0n) is 27.6. The molecule has 2 aliphatic heterocycles. The monoisotopic (exact) mass is 628 g/mol. The Hall–Kier alpha value is -2.32. The SMILES string of the molecule is C=C1C(C2CCSCC2)=Cc2c(C)nc(C)nc2N1CCCCCCC(C)N(C)CCC(F)(F)c1cccc(C(C)C)c1F. The summed E-state index contributed by atoms with van der Waals surface area (Å²) >= 11 is 2.04. The molecule has 0 radical (unpaired) electrons. The second-order valence-corrected chi connectivity index (χ2v) is 14.3. The smallest absolute Gasteiger partial charge is 0.277 e. The molecule has 242 valence electrons. The van der Waals surface area contributed by atoms with E-state index in [1.54, 1.807) is 6.07 Å². The molecule has 1 unspecified atom stereocenters. The van der Waals surface area contributed by atoms with Crippen LogP contribution >= 0.6 is 11.8 Å². The summed E-state index contributed by atoms with van der Waals surface area (Å²) in [6, 6.07) is 4.53. The zero-order chi connectivity index (χ0) is 32.0. The average molecular weight is 629 g/mol. The van der Waals surface area contributed by atoms with Crippen molar-refractivity contribution in [1.29, 1.82) is 0 Å². The van der Waals surface area contributed by atoms with E-state index in [-0.39, 0.29) is 18.5 Å². The van der Waals surface area contributed by atoms with Crippen LogP contribution in [0.4, 0.5) is 19.0 Å². The molecule has 0 N–H and O–H groups in total. The van der Waals surface area contributed by atoms with Crippen LogP contribution in [0.3, 0.4) is 0 Å². The fraction of sp³-hybridized carbons (Fsp3) is 0.611. The number of thioether (sulfide) groups is 1. The summed E-state index contributed by atoms with van der Waals surface area (Å²) in [5.41, 5.74) is 4.46. The number of anilines is 1. The van der Waals surface area contributed by atoms with Gasteiger partial charge in [-0.25, -0.2) is 23.1 Å². The molecule has 0 aliphatic carbocycles. The number of aromatic nitrogens is 2. The van der Waals surface area contributed by atoms with Gasteiger partial charge in [-0.3, -0.25) is 0 Å². The quantitative estimate of drug-likeness (QED) is 0.195. The molecule has 44 heavy (non-hydrogen) atoms. The van der Waals surface area contributed by atoms with Crippen LogP contribution in [-0.2, 0) is 5.92 Å². The fourth-order valence-electron chi connectivity index (χ4n) is 6.44. The highest BCUT2D eigenvalue weighted by Gasteiger charge is 2.36. The predicted molar refractivity (Wildman–Crippen MR) is 180 cm³/mol. The third-order valence-corrected chi connectivity index (χ3v) is 10.5. The summed E-state index contributed by atoms with van der Waals surface area (Å²) in [7, 11) is 1.89. The molecule has 8 heteroatoms. The molecule has 0 amide bonds. The first-order valence-electron chi connectivity index (χ1n) is 16.4. The number of aryl methyl sites for hydroxylation is 2. The number of fused-ring (bicyclic) bond motifs is 1. The van der Waals surface area contributed by atoms with Crippen LogP contribution < -0.4 is 4.90 Å². The van der Waals surface area contributed by atoms with E-state index in [1.807, 2.05) is 44.5 Å². The first-order valence-corrected chi connectivity index (χ1v) is 17.5. The first kappa shape index (κ1) is 34.6.